The van der Waals surface area contributed by atoms with Crippen molar-refractivity contribution in [2.24, 2.45) is 0 Å². The van der Waals surface area contributed by atoms with Crippen molar-refractivity contribution in [3.05, 3.63) is 29.3 Å². The molecule has 0 bridgehead atoms. The Balaban J connectivity index is 1.82. The summed E-state index contributed by atoms with van der Waals surface area (Å²) in [5, 5.41) is 2.42. The third-order valence-corrected chi connectivity index (χ3v) is 6.22. The van der Waals surface area contributed by atoms with E-state index in [1.165, 1.54) is 11.3 Å². The molecule has 28 heavy (non-hydrogen) atoms. The largest absolute Gasteiger partial charge is 0.493 e. The van der Waals surface area contributed by atoms with E-state index in [0.29, 0.717) is 41.1 Å². The highest BCUT2D eigenvalue weighted by Crippen LogP contribution is 2.34. The number of benzene rings is 1. The molecule has 2 aromatic rings. The van der Waals surface area contributed by atoms with Gasteiger partial charge in [-0.1, -0.05) is 0 Å². The lowest BCUT2D eigenvalue weighted by molar-refractivity contribution is -0.147. The fourth-order valence-electron chi connectivity index (χ4n) is 2.90. The smallest absolute Gasteiger partial charge is 0.329 e. The highest BCUT2D eigenvalue weighted by Gasteiger charge is 2.35. The van der Waals surface area contributed by atoms with Gasteiger partial charge in [0.25, 0.3) is 5.91 Å². The normalized spacial score (nSPS) is 16.5. The van der Waals surface area contributed by atoms with E-state index in [2.05, 4.69) is 4.98 Å². The van der Waals surface area contributed by atoms with Crippen LogP contribution in [0.4, 0.5) is 0 Å². The Hall–Kier alpha value is -2.26. The molecule has 0 radical (unpaired) electrons. The Morgan fingerprint density at radius 2 is 2.04 bits per heavy atom. The molecule has 0 spiro atoms. The van der Waals surface area contributed by atoms with Crippen molar-refractivity contribution in [1.82, 2.24) is 9.88 Å². The summed E-state index contributed by atoms with van der Waals surface area (Å²) in [5.41, 5.74) is 1.16. The monoisotopic (exact) mass is 422 g/mol. The van der Waals surface area contributed by atoms with Gasteiger partial charge in [0.1, 0.15) is 16.7 Å². The van der Waals surface area contributed by atoms with E-state index in [1.807, 2.05) is 12.1 Å². The first kappa shape index (κ1) is 20.5. The van der Waals surface area contributed by atoms with Gasteiger partial charge < -0.3 is 19.1 Å². The van der Waals surface area contributed by atoms with Crippen LogP contribution in [0.5, 0.6) is 11.5 Å². The number of rotatable bonds is 6. The molecule has 9 heteroatoms. The number of nitrogens with zero attached hydrogens (tertiary/aromatic N) is 2. The van der Waals surface area contributed by atoms with Crippen molar-refractivity contribution in [3.8, 4) is 22.1 Å². The van der Waals surface area contributed by atoms with Gasteiger partial charge in [0.2, 0.25) is 0 Å². The van der Waals surface area contributed by atoms with Crippen LogP contribution in [0.25, 0.3) is 10.6 Å². The zero-order valence-corrected chi connectivity index (χ0v) is 17.6. The maximum atomic E-state index is 13.0. The molecule has 1 atom stereocenters. The molecule has 1 fully saturated rings. The van der Waals surface area contributed by atoms with Crippen LogP contribution < -0.4 is 9.47 Å². The summed E-state index contributed by atoms with van der Waals surface area (Å²) in [6, 6.07) is 4.92. The number of thioether (sulfide) groups is 1. The lowest BCUT2D eigenvalue weighted by atomic mass is 10.2. The van der Waals surface area contributed by atoms with Gasteiger partial charge in [0, 0.05) is 29.0 Å². The first-order valence-electron chi connectivity index (χ1n) is 8.82. The number of carbonyl (C=O) groups is 2. The van der Waals surface area contributed by atoms with Crippen molar-refractivity contribution in [2.75, 3.05) is 38.9 Å². The maximum absolute atomic E-state index is 13.0. The second-order valence-electron chi connectivity index (χ2n) is 5.95. The topological polar surface area (TPSA) is 78.0 Å². The summed E-state index contributed by atoms with van der Waals surface area (Å²) in [7, 11) is 3.15. The van der Waals surface area contributed by atoms with Gasteiger partial charge >= 0.3 is 5.97 Å². The predicted octanol–water partition coefficient (Wildman–Crippen LogP) is 2.95. The van der Waals surface area contributed by atoms with Gasteiger partial charge in [-0.15, -0.1) is 11.3 Å². The van der Waals surface area contributed by atoms with E-state index >= 15 is 0 Å². The van der Waals surface area contributed by atoms with Crippen LogP contribution >= 0.6 is 23.1 Å². The molecule has 1 aromatic heterocycles. The quantitative estimate of drug-likeness (QED) is 0.662. The summed E-state index contributed by atoms with van der Waals surface area (Å²) in [6.45, 7) is 2.55. The van der Waals surface area contributed by atoms with Crippen molar-refractivity contribution in [1.29, 1.82) is 0 Å². The van der Waals surface area contributed by atoms with Crippen LogP contribution in [0, 0.1) is 0 Å². The zero-order valence-electron chi connectivity index (χ0n) is 16.0. The van der Waals surface area contributed by atoms with Gasteiger partial charge in [0.15, 0.2) is 11.5 Å². The Morgan fingerprint density at radius 3 is 2.75 bits per heavy atom. The van der Waals surface area contributed by atoms with E-state index < -0.39 is 6.04 Å². The maximum Gasteiger partial charge on any atom is 0.329 e. The van der Waals surface area contributed by atoms with Crippen LogP contribution in [0.3, 0.4) is 0 Å². The average molecular weight is 423 g/mol. The number of amides is 1. The second-order valence-corrected chi connectivity index (χ2v) is 7.96. The molecule has 1 aliphatic heterocycles. The summed E-state index contributed by atoms with van der Waals surface area (Å²) < 4.78 is 15.7. The van der Waals surface area contributed by atoms with Gasteiger partial charge in [-0.05, 0) is 25.1 Å². The summed E-state index contributed by atoms with van der Waals surface area (Å²) >= 11 is 3.02. The highest BCUT2D eigenvalue weighted by atomic mass is 32.2. The first-order chi connectivity index (χ1) is 13.6. The predicted molar refractivity (Wildman–Crippen MR) is 109 cm³/mol. The fourth-order valence-corrected chi connectivity index (χ4v) is 4.72. The Bertz CT molecular complexity index is 855. The molecule has 0 aliphatic carbocycles. The number of thiazole rings is 1. The van der Waals surface area contributed by atoms with Gasteiger partial charge in [-0.3, -0.25) is 4.79 Å². The Labute approximate surface area is 172 Å². The first-order valence-corrected chi connectivity index (χ1v) is 10.9. The summed E-state index contributed by atoms with van der Waals surface area (Å²) in [5.74, 6) is 1.94. The number of hydrogen-bond donors (Lipinski definition) is 0. The van der Waals surface area contributed by atoms with Gasteiger partial charge in [0.05, 0.1) is 20.8 Å². The van der Waals surface area contributed by atoms with Crippen molar-refractivity contribution in [3.63, 3.8) is 0 Å². The number of hydrogen-bond acceptors (Lipinski definition) is 8. The number of aromatic nitrogens is 1. The molecule has 150 valence electrons. The standard InChI is InChI=1S/C19H22N2O5S2/c1-4-26-19(23)14-11-27-8-7-21(14)18(22)13-10-28-17(20-13)12-5-6-15(24-2)16(9-12)25-3/h5-6,9-10,14H,4,7-8,11H2,1-3H3. The van der Waals surface area contributed by atoms with E-state index in [9.17, 15) is 9.59 Å². The molecular weight excluding hydrogens is 400 g/mol. The SMILES string of the molecule is CCOC(=O)C1CSCCN1C(=O)c1csc(-c2ccc(OC)c(OC)c2)n1. The molecule has 2 heterocycles. The van der Waals surface area contributed by atoms with Crippen LogP contribution in [-0.4, -0.2) is 66.7 Å². The fraction of sp³-hybridized carbons (Fsp3) is 0.421. The van der Waals surface area contributed by atoms with Crippen molar-refractivity contribution < 1.29 is 23.8 Å². The molecular formula is C19H22N2O5S2. The van der Waals surface area contributed by atoms with E-state index in [0.717, 1.165) is 11.3 Å². The molecule has 1 amide bonds. The molecule has 1 unspecified atom stereocenters. The molecule has 1 saturated heterocycles. The summed E-state index contributed by atoms with van der Waals surface area (Å²) in [4.78, 5) is 31.3. The van der Waals surface area contributed by atoms with Crippen LogP contribution in [0.2, 0.25) is 0 Å². The number of ether oxygens (including phenoxy) is 3. The van der Waals surface area contributed by atoms with E-state index in [-0.39, 0.29) is 11.9 Å². The molecule has 0 N–H and O–H groups in total. The van der Waals surface area contributed by atoms with Crippen LogP contribution in [0.15, 0.2) is 23.6 Å². The zero-order chi connectivity index (χ0) is 20.1. The Kier molecular flexibility index (Phi) is 6.79. The molecule has 3 rings (SSSR count). The minimum Gasteiger partial charge on any atom is -0.493 e. The number of methoxy groups -OCH3 is 2. The van der Waals surface area contributed by atoms with Crippen molar-refractivity contribution in [2.45, 2.75) is 13.0 Å². The lowest BCUT2D eigenvalue weighted by Crippen LogP contribution is -2.51. The van der Waals surface area contributed by atoms with Gasteiger partial charge in [-0.2, -0.15) is 11.8 Å². The number of esters is 1. The molecule has 7 nitrogen and oxygen atoms in total. The number of carbonyl (C=O) groups excluding carboxylic acids is 2. The Morgan fingerprint density at radius 1 is 1.25 bits per heavy atom. The van der Waals surface area contributed by atoms with Crippen LogP contribution in [-0.2, 0) is 9.53 Å². The van der Waals surface area contributed by atoms with Gasteiger partial charge in [-0.25, -0.2) is 9.78 Å². The minimum absolute atomic E-state index is 0.249. The average Bonchev–Trinajstić information content (AvgIpc) is 3.23. The minimum atomic E-state index is -0.572. The highest BCUT2D eigenvalue weighted by molar-refractivity contribution is 7.99. The summed E-state index contributed by atoms with van der Waals surface area (Å²) in [6.07, 6.45) is 0. The third-order valence-electron chi connectivity index (χ3n) is 4.30. The lowest BCUT2D eigenvalue weighted by Gasteiger charge is -2.33. The molecule has 0 saturated carbocycles. The van der Waals surface area contributed by atoms with Crippen LogP contribution in [0.1, 0.15) is 17.4 Å². The van der Waals surface area contributed by atoms with E-state index in [4.69, 9.17) is 14.2 Å². The molecule has 1 aromatic carbocycles. The third kappa shape index (κ3) is 4.25. The van der Waals surface area contributed by atoms with E-state index in [1.54, 1.807) is 49.3 Å². The molecule has 1 aliphatic rings. The van der Waals surface area contributed by atoms with Crippen molar-refractivity contribution >= 4 is 35.0 Å². The second kappa shape index (κ2) is 9.29.